The maximum absolute atomic E-state index is 11.6. The van der Waals surface area contributed by atoms with Crippen LogP contribution in [-0.4, -0.2) is 17.9 Å². The number of hydrogen-bond acceptors (Lipinski definition) is 4. The number of carbonyl (C=O) groups excluding carboxylic acids is 1. The van der Waals surface area contributed by atoms with Gasteiger partial charge in [0.05, 0.1) is 12.0 Å². The van der Waals surface area contributed by atoms with Crippen LogP contribution in [0.4, 0.5) is 11.4 Å². The molecule has 1 amide bonds. The topological polar surface area (TPSA) is 81.5 Å². The second kappa shape index (κ2) is 4.40. The first-order valence-corrected chi connectivity index (χ1v) is 5.25. The molecule has 6 nitrogen and oxygen atoms in total. The molecule has 2 rings (SSSR count). The molecule has 0 saturated heterocycles. The molecule has 1 aromatic rings. The molecule has 1 aliphatic rings. The lowest BCUT2D eigenvalue weighted by atomic mass is 10.2. The molecule has 0 atom stereocenters. The van der Waals surface area contributed by atoms with E-state index in [1.165, 1.54) is 19.2 Å². The predicted molar refractivity (Wildman–Crippen MR) is 61.0 cm³/mol. The summed E-state index contributed by atoms with van der Waals surface area (Å²) < 4.78 is 5.02. The second-order valence-electron chi connectivity index (χ2n) is 3.88. The van der Waals surface area contributed by atoms with Gasteiger partial charge < -0.3 is 10.1 Å². The van der Waals surface area contributed by atoms with Crippen LogP contribution in [0, 0.1) is 16.0 Å². The highest BCUT2D eigenvalue weighted by Gasteiger charge is 2.31. The summed E-state index contributed by atoms with van der Waals surface area (Å²) in [5.74, 6) is 0.102. The Hall–Kier alpha value is -2.11. The summed E-state index contributed by atoms with van der Waals surface area (Å²) in [4.78, 5) is 21.9. The fraction of sp³-hybridized carbons (Fsp3) is 0.364. The van der Waals surface area contributed by atoms with E-state index >= 15 is 0 Å². The van der Waals surface area contributed by atoms with Gasteiger partial charge in [0, 0.05) is 12.0 Å². The zero-order valence-corrected chi connectivity index (χ0v) is 9.30. The Balaban J connectivity index is 2.33. The summed E-state index contributed by atoms with van der Waals surface area (Å²) >= 11 is 0. The summed E-state index contributed by atoms with van der Waals surface area (Å²) in [6.07, 6.45) is 1.68. The molecule has 1 aliphatic carbocycles. The van der Waals surface area contributed by atoms with E-state index in [9.17, 15) is 14.9 Å². The molecule has 90 valence electrons. The van der Waals surface area contributed by atoms with E-state index < -0.39 is 4.92 Å². The van der Waals surface area contributed by atoms with Gasteiger partial charge in [-0.3, -0.25) is 14.9 Å². The summed E-state index contributed by atoms with van der Waals surface area (Å²) in [5, 5.41) is 13.4. The van der Waals surface area contributed by atoms with Gasteiger partial charge in [-0.1, -0.05) is 6.07 Å². The van der Waals surface area contributed by atoms with Crippen LogP contribution in [-0.2, 0) is 4.79 Å². The first kappa shape index (κ1) is 11.4. The van der Waals surface area contributed by atoms with E-state index in [0.717, 1.165) is 12.8 Å². The highest BCUT2D eigenvalue weighted by molar-refractivity contribution is 5.97. The number of nitro groups is 1. The van der Waals surface area contributed by atoms with Gasteiger partial charge in [-0.25, -0.2) is 0 Å². The first-order chi connectivity index (χ1) is 8.13. The van der Waals surface area contributed by atoms with Crippen molar-refractivity contribution in [1.29, 1.82) is 0 Å². The van der Waals surface area contributed by atoms with Gasteiger partial charge in [0.2, 0.25) is 5.91 Å². The smallest absolute Gasteiger partial charge is 0.296 e. The molecule has 0 aliphatic heterocycles. The number of benzene rings is 1. The van der Waals surface area contributed by atoms with Crippen molar-refractivity contribution in [1.82, 2.24) is 0 Å². The van der Waals surface area contributed by atoms with Gasteiger partial charge in [-0.2, -0.15) is 0 Å². The number of nitro benzene ring substituents is 1. The number of anilines is 1. The molecule has 0 spiro atoms. The van der Waals surface area contributed by atoms with Crippen molar-refractivity contribution in [2.75, 3.05) is 12.4 Å². The normalized spacial score (nSPS) is 14.2. The molecule has 1 N–H and O–H groups in total. The molecule has 1 saturated carbocycles. The highest BCUT2D eigenvalue weighted by Crippen LogP contribution is 2.36. The Labute approximate surface area is 97.7 Å². The maximum Gasteiger partial charge on any atom is 0.296 e. The van der Waals surface area contributed by atoms with Gasteiger partial charge in [0.1, 0.15) is 5.75 Å². The second-order valence-corrected chi connectivity index (χ2v) is 3.88. The molecule has 0 heterocycles. The summed E-state index contributed by atoms with van der Waals surface area (Å²) in [5.41, 5.74) is -0.0183. The van der Waals surface area contributed by atoms with Crippen molar-refractivity contribution >= 4 is 17.3 Å². The third kappa shape index (κ3) is 2.35. The van der Waals surface area contributed by atoms with Crippen LogP contribution in [0.25, 0.3) is 0 Å². The number of nitrogens with one attached hydrogen (secondary N) is 1. The van der Waals surface area contributed by atoms with Crippen molar-refractivity contribution in [2.45, 2.75) is 12.8 Å². The standard InChI is InChI=1S/C11H12N2O4/c1-17-9-4-2-3-8(13(15)16)10(9)12-11(14)7-5-6-7/h2-4,7H,5-6H2,1H3,(H,12,14). The first-order valence-electron chi connectivity index (χ1n) is 5.25. The molecule has 1 aromatic carbocycles. The number of para-hydroxylation sites is 1. The molecule has 1 fully saturated rings. The SMILES string of the molecule is COc1cccc([N+](=O)[O-])c1NC(=O)C1CC1. The van der Waals surface area contributed by atoms with Crippen LogP contribution in [0.1, 0.15) is 12.8 Å². The lowest BCUT2D eigenvalue weighted by molar-refractivity contribution is -0.384. The summed E-state index contributed by atoms with van der Waals surface area (Å²) in [7, 11) is 1.41. The average Bonchev–Trinajstić information content (AvgIpc) is 3.12. The van der Waals surface area contributed by atoms with Crippen LogP contribution in [0.3, 0.4) is 0 Å². The molecular formula is C11H12N2O4. The minimum Gasteiger partial charge on any atom is -0.494 e. The van der Waals surface area contributed by atoms with E-state index in [2.05, 4.69) is 5.32 Å². The Morgan fingerprint density at radius 2 is 2.24 bits per heavy atom. The Morgan fingerprint density at radius 3 is 2.76 bits per heavy atom. The Morgan fingerprint density at radius 1 is 1.53 bits per heavy atom. The monoisotopic (exact) mass is 236 g/mol. The van der Waals surface area contributed by atoms with Crippen LogP contribution >= 0.6 is 0 Å². The van der Waals surface area contributed by atoms with Crippen LogP contribution in [0.5, 0.6) is 5.75 Å². The Kier molecular flexibility index (Phi) is 2.95. The zero-order chi connectivity index (χ0) is 12.4. The third-order valence-electron chi connectivity index (χ3n) is 2.62. The van der Waals surface area contributed by atoms with Crippen molar-refractivity contribution < 1.29 is 14.5 Å². The van der Waals surface area contributed by atoms with E-state index in [1.54, 1.807) is 6.07 Å². The Bertz CT molecular complexity index is 469. The molecule has 6 heteroatoms. The molecule has 0 radical (unpaired) electrons. The van der Waals surface area contributed by atoms with Crippen molar-refractivity contribution in [2.24, 2.45) is 5.92 Å². The summed E-state index contributed by atoms with van der Waals surface area (Å²) in [6, 6.07) is 4.43. The third-order valence-corrected chi connectivity index (χ3v) is 2.62. The van der Waals surface area contributed by atoms with Gasteiger partial charge in [0.15, 0.2) is 5.69 Å². The average molecular weight is 236 g/mol. The van der Waals surface area contributed by atoms with E-state index in [-0.39, 0.29) is 23.2 Å². The van der Waals surface area contributed by atoms with E-state index in [1.807, 2.05) is 0 Å². The van der Waals surface area contributed by atoms with Crippen LogP contribution in [0.15, 0.2) is 18.2 Å². The molecule has 0 bridgehead atoms. The fourth-order valence-electron chi connectivity index (χ4n) is 1.54. The largest absolute Gasteiger partial charge is 0.494 e. The minimum absolute atomic E-state index is 0.0143. The number of hydrogen-bond donors (Lipinski definition) is 1. The van der Waals surface area contributed by atoms with Gasteiger partial charge in [-0.15, -0.1) is 0 Å². The summed E-state index contributed by atoms with van der Waals surface area (Å²) in [6.45, 7) is 0. The molecule has 17 heavy (non-hydrogen) atoms. The van der Waals surface area contributed by atoms with E-state index in [4.69, 9.17) is 4.74 Å². The number of nitrogens with zero attached hydrogens (tertiary/aromatic N) is 1. The molecule has 0 aromatic heterocycles. The van der Waals surface area contributed by atoms with Gasteiger partial charge in [-0.05, 0) is 18.9 Å². The number of rotatable bonds is 4. The number of methoxy groups -OCH3 is 1. The zero-order valence-electron chi connectivity index (χ0n) is 9.30. The van der Waals surface area contributed by atoms with Crippen LogP contribution in [0.2, 0.25) is 0 Å². The minimum atomic E-state index is -0.537. The number of amides is 1. The van der Waals surface area contributed by atoms with Crippen LogP contribution < -0.4 is 10.1 Å². The van der Waals surface area contributed by atoms with Crippen molar-refractivity contribution in [3.8, 4) is 5.75 Å². The number of ether oxygens (including phenoxy) is 1. The lowest BCUT2D eigenvalue weighted by Gasteiger charge is -2.09. The van der Waals surface area contributed by atoms with Crippen molar-refractivity contribution in [3.05, 3.63) is 28.3 Å². The molecule has 0 unspecified atom stereocenters. The molecular weight excluding hydrogens is 224 g/mol. The van der Waals surface area contributed by atoms with Gasteiger partial charge in [0.25, 0.3) is 5.69 Å². The van der Waals surface area contributed by atoms with Gasteiger partial charge >= 0.3 is 0 Å². The number of carbonyl (C=O) groups is 1. The lowest BCUT2D eigenvalue weighted by Crippen LogP contribution is -2.15. The highest BCUT2D eigenvalue weighted by atomic mass is 16.6. The fourth-order valence-corrected chi connectivity index (χ4v) is 1.54. The van der Waals surface area contributed by atoms with Crippen molar-refractivity contribution in [3.63, 3.8) is 0 Å². The van der Waals surface area contributed by atoms with E-state index in [0.29, 0.717) is 5.75 Å². The predicted octanol–water partition coefficient (Wildman–Crippen LogP) is 1.95. The quantitative estimate of drug-likeness (QED) is 0.639. The maximum atomic E-state index is 11.6.